The van der Waals surface area contributed by atoms with Gasteiger partial charge in [0.2, 0.25) is 0 Å². The van der Waals surface area contributed by atoms with Gasteiger partial charge in [-0.1, -0.05) is 150 Å². The van der Waals surface area contributed by atoms with Gasteiger partial charge in [-0.3, -0.25) is 0 Å². The minimum Gasteiger partial charge on any atom is -0.308 e. The van der Waals surface area contributed by atoms with Crippen LogP contribution < -0.4 is 27.3 Å². The van der Waals surface area contributed by atoms with Gasteiger partial charge in [0, 0.05) is 48.7 Å². The molecule has 8 aromatic carbocycles. The third-order valence-electron chi connectivity index (χ3n) is 13.7. The van der Waals surface area contributed by atoms with Crippen LogP contribution in [0, 0.1) is 0 Å². The van der Waals surface area contributed by atoms with Crippen LogP contribution in [0.4, 0.5) is 0 Å². The summed E-state index contributed by atoms with van der Waals surface area (Å²) < 4.78 is 4.64. The van der Waals surface area contributed by atoms with Gasteiger partial charge in [0.05, 0.1) is 32.6 Å². The van der Waals surface area contributed by atoms with E-state index in [9.17, 15) is 0 Å². The number of benzene rings is 8. The smallest absolute Gasteiger partial charge is 0.166 e. The van der Waals surface area contributed by atoms with Crippen molar-refractivity contribution in [3.8, 4) is 73.6 Å². The number of nitrogens with zero attached hydrogens (tertiary/aromatic N) is 6. The number of thiophene rings is 1. The van der Waals surface area contributed by atoms with E-state index in [1.165, 1.54) is 53.9 Å². The van der Waals surface area contributed by atoms with Crippen molar-refractivity contribution in [3.63, 3.8) is 0 Å². The highest BCUT2D eigenvalue weighted by Crippen LogP contribution is 2.43. The minimum atomic E-state index is 0.549. The topological polar surface area (TPSA) is 69.4 Å². The van der Waals surface area contributed by atoms with Gasteiger partial charge in [-0.05, 0) is 47.5 Å². The lowest BCUT2D eigenvalue weighted by molar-refractivity contribution is 1.06. The molecule has 0 amide bonds. The zero-order chi connectivity index (χ0) is 45.3. The van der Waals surface area contributed by atoms with E-state index in [1.54, 1.807) is 11.3 Å². The number of hydrogen-bond donors (Lipinski definition) is 0. The fourth-order valence-electron chi connectivity index (χ4n) is 9.88. The molecular formula is C55H39B5N6S. The van der Waals surface area contributed by atoms with Gasteiger partial charge in [-0.15, -0.1) is 27.7 Å². The predicted octanol–water partition coefficient (Wildman–Crippen LogP) is 5.42. The molecule has 0 fully saturated rings. The molecule has 0 N–H and O–H groups in total. The highest BCUT2D eigenvalue weighted by molar-refractivity contribution is 7.26. The van der Waals surface area contributed by atoms with Crippen molar-refractivity contribution >= 4 is 120 Å². The Morgan fingerprint density at radius 2 is 0.925 bits per heavy atom. The molecule has 12 rings (SSSR count). The number of fused-ring (bicyclic) bond motifs is 6. The minimum absolute atomic E-state index is 0.549. The highest BCUT2D eigenvalue weighted by Gasteiger charge is 2.25. The average molecular weight is 870 g/mol. The van der Waals surface area contributed by atoms with E-state index in [1.807, 2.05) is 42.5 Å². The Morgan fingerprint density at radius 3 is 1.60 bits per heavy atom. The molecule has 0 unspecified atom stereocenters. The number of rotatable bonds is 7. The Morgan fingerprint density at radius 1 is 0.388 bits per heavy atom. The molecule has 0 radical (unpaired) electrons. The van der Waals surface area contributed by atoms with Gasteiger partial charge >= 0.3 is 0 Å². The second-order valence-corrected chi connectivity index (χ2v) is 18.4. The second-order valence-electron chi connectivity index (χ2n) is 17.4. The summed E-state index contributed by atoms with van der Waals surface area (Å²) >= 11 is 1.74. The maximum atomic E-state index is 5.42. The van der Waals surface area contributed by atoms with Gasteiger partial charge in [-0.25, -0.2) is 24.9 Å². The van der Waals surface area contributed by atoms with Crippen LogP contribution in [0.25, 0.3) is 116 Å². The summed E-state index contributed by atoms with van der Waals surface area (Å²) in [6.07, 6.45) is 0. The third kappa shape index (κ3) is 6.73. The van der Waals surface area contributed by atoms with E-state index in [2.05, 4.69) is 177 Å². The van der Waals surface area contributed by atoms with E-state index in [0.717, 1.165) is 65.8 Å². The maximum Gasteiger partial charge on any atom is 0.166 e. The first-order chi connectivity index (χ1) is 32.8. The van der Waals surface area contributed by atoms with Crippen LogP contribution in [0.1, 0.15) is 0 Å². The third-order valence-corrected chi connectivity index (χ3v) is 14.8. The molecular weight excluding hydrogens is 831 g/mol. The van der Waals surface area contributed by atoms with Gasteiger partial charge in [0.15, 0.2) is 23.3 Å². The lowest BCUT2D eigenvalue weighted by Crippen LogP contribution is -2.55. The Labute approximate surface area is 396 Å². The molecule has 0 aliphatic heterocycles. The van der Waals surface area contributed by atoms with Crippen molar-refractivity contribution in [1.82, 2.24) is 29.5 Å². The predicted molar refractivity (Wildman–Crippen MR) is 296 cm³/mol. The number of para-hydroxylation sites is 1. The zero-order valence-electron chi connectivity index (χ0n) is 37.8. The normalized spacial score (nSPS) is 11.6. The molecule has 4 aromatic heterocycles. The van der Waals surface area contributed by atoms with Crippen molar-refractivity contribution in [3.05, 3.63) is 176 Å². The quantitative estimate of drug-likeness (QED) is 0.201. The first-order valence-corrected chi connectivity index (χ1v) is 23.5. The Bertz CT molecular complexity index is 3850. The Kier molecular flexibility index (Phi) is 9.88. The lowest BCUT2D eigenvalue weighted by Gasteiger charge is -2.21. The number of aromatic nitrogens is 6. The monoisotopic (exact) mass is 870 g/mol. The molecule has 6 nitrogen and oxygen atoms in total. The Hall–Kier alpha value is -7.81. The van der Waals surface area contributed by atoms with Crippen LogP contribution in [-0.4, -0.2) is 68.7 Å². The number of hydrogen-bond acceptors (Lipinski definition) is 6. The zero-order valence-corrected chi connectivity index (χ0v) is 38.7. The van der Waals surface area contributed by atoms with Crippen molar-refractivity contribution < 1.29 is 0 Å². The molecule has 0 saturated heterocycles. The fraction of sp³-hybridized carbons (Fsp3) is 0. The van der Waals surface area contributed by atoms with E-state index in [-0.39, 0.29) is 0 Å². The molecule has 0 aliphatic carbocycles. The molecule has 0 atom stereocenters. The van der Waals surface area contributed by atoms with Gasteiger partial charge < -0.3 is 4.57 Å². The van der Waals surface area contributed by atoms with Gasteiger partial charge in [-0.2, -0.15) is 0 Å². The molecule has 12 heteroatoms. The van der Waals surface area contributed by atoms with Crippen LogP contribution in [-0.2, 0) is 0 Å². The molecule has 0 saturated carbocycles. The van der Waals surface area contributed by atoms with Gasteiger partial charge in [0.1, 0.15) is 39.2 Å². The summed E-state index contributed by atoms with van der Waals surface area (Å²) in [5, 5.41) is 3.50. The summed E-state index contributed by atoms with van der Waals surface area (Å²) in [4.78, 5) is 26.6. The summed E-state index contributed by atoms with van der Waals surface area (Å²) in [5.74, 6) is 2.36. The first kappa shape index (κ1) is 40.7. The maximum absolute atomic E-state index is 5.42. The molecule has 0 bridgehead atoms. The summed E-state index contributed by atoms with van der Waals surface area (Å²) in [6, 6.07) is 61.3. The van der Waals surface area contributed by atoms with E-state index >= 15 is 0 Å². The average Bonchev–Trinajstić information content (AvgIpc) is 3.94. The van der Waals surface area contributed by atoms with Crippen molar-refractivity contribution in [1.29, 1.82) is 0 Å². The van der Waals surface area contributed by atoms with Crippen molar-refractivity contribution in [2.75, 3.05) is 0 Å². The van der Waals surface area contributed by atoms with E-state index in [0.29, 0.717) is 23.3 Å². The molecule has 4 heterocycles. The second kappa shape index (κ2) is 16.3. The lowest BCUT2D eigenvalue weighted by atomic mass is 9.59. The van der Waals surface area contributed by atoms with Crippen molar-refractivity contribution in [2.45, 2.75) is 0 Å². The molecule has 310 valence electrons. The van der Waals surface area contributed by atoms with Crippen molar-refractivity contribution in [2.24, 2.45) is 0 Å². The molecule has 0 spiro atoms. The van der Waals surface area contributed by atoms with Crippen LogP contribution in [0.3, 0.4) is 0 Å². The summed E-state index contributed by atoms with van der Waals surface area (Å²) in [7, 11) is 11.3. The summed E-state index contributed by atoms with van der Waals surface area (Å²) in [5.41, 5.74) is 18.7. The fourth-order valence-corrected chi connectivity index (χ4v) is 11.0. The van der Waals surface area contributed by atoms with Crippen LogP contribution in [0.5, 0.6) is 0 Å². The molecule has 0 aliphatic rings. The highest BCUT2D eigenvalue weighted by atomic mass is 32.1. The SMILES string of the molecule is Bc1c(B)c(B)c(-c2cccc3c2c2ccccc2n3-c2ccc(-c3nc(-c4ccccc4)c4sc5ccccc5c4n3)cc2-c2nc(-c3ccccc3)nc(-c3ccccc3)n2)c(B)c1B. The summed E-state index contributed by atoms with van der Waals surface area (Å²) in [6.45, 7) is 0. The van der Waals surface area contributed by atoms with Crippen LogP contribution in [0.15, 0.2) is 176 Å². The Balaban J connectivity index is 1.18. The molecule has 12 aromatic rings. The molecule has 67 heavy (non-hydrogen) atoms. The van der Waals surface area contributed by atoms with Crippen LogP contribution >= 0.6 is 11.3 Å². The van der Waals surface area contributed by atoms with Crippen LogP contribution in [0.2, 0.25) is 0 Å². The van der Waals surface area contributed by atoms with E-state index < -0.39 is 0 Å². The standard InChI is InChI=1S/C55H39B5N6S/c56-44-43(45(57)47(59)48(60)46(44)58)36-23-14-25-40-42(36)34-21-10-12-24-38(34)66(40)39-28-27-33(54-61-49(30-15-4-1-5-16-30)51-50(62-54)35-22-11-13-26-41(35)67-51)29-37(39)55-64-52(31-17-6-2-7-18-31)63-53(65-55)32-19-8-3-9-20-32/h1-29H,56-60H2. The largest absolute Gasteiger partial charge is 0.308 e. The van der Waals surface area contributed by atoms with Gasteiger partial charge in [0.25, 0.3) is 0 Å². The first-order valence-electron chi connectivity index (χ1n) is 22.7. The van der Waals surface area contributed by atoms with E-state index in [4.69, 9.17) is 24.9 Å².